The second kappa shape index (κ2) is 5.82. The van der Waals surface area contributed by atoms with E-state index in [0.717, 1.165) is 0 Å². The molecule has 1 fully saturated rings. The highest BCUT2D eigenvalue weighted by molar-refractivity contribution is 5.94. The molecule has 2 rings (SSSR count). The van der Waals surface area contributed by atoms with Crippen molar-refractivity contribution in [3.05, 3.63) is 24.0 Å². The van der Waals surface area contributed by atoms with Gasteiger partial charge in [0.05, 0.1) is 6.61 Å². The average molecular weight is 249 g/mol. The fraction of sp³-hybridized carbons (Fsp3) is 0.538. The average Bonchev–Trinajstić information content (AvgIpc) is 3.21. The van der Waals surface area contributed by atoms with Crippen molar-refractivity contribution in [1.29, 1.82) is 0 Å². The molecule has 1 atom stereocenters. The smallest absolute Gasteiger partial charge is 0.273 e. The van der Waals surface area contributed by atoms with Crippen molar-refractivity contribution in [2.24, 2.45) is 11.7 Å². The molecule has 1 aliphatic rings. The highest BCUT2D eigenvalue weighted by Gasteiger charge is 2.28. The van der Waals surface area contributed by atoms with Crippen LogP contribution in [0.2, 0.25) is 0 Å². The first-order chi connectivity index (χ1) is 8.72. The molecule has 1 unspecified atom stereocenters. The van der Waals surface area contributed by atoms with Crippen molar-refractivity contribution in [3.8, 4) is 5.75 Å². The van der Waals surface area contributed by atoms with E-state index in [0.29, 0.717) is 30.5 Å². The van der Waals surface area contributed by atoms with E-state index in [4.69, 9.17) is 10.5 Å². The number of nitrogens with zero attached hydrogens (tertiary/aromatic N) is 1. The molecule has 1 amide bonds. The molecule has 0 radical (unpaired) electrons. The Kier molecular flexibility index (Phi) is 4.15. The summed E-state index contributed by atoms with van der Waals surface area (Å²) >= 11 is 0. The summed E-state index contributed by atoms with van der Waals surface area (Å²) in [6.45, 7) is 2.87. The molecular formula is C13H19N3O2. The maximum Gasteiger partial charge on any atom is 0.273 e. The van der Waals surface area contributed by atoms with Crippen molar-refractivity contribution in [2.75, 3.05) is 13.2 Å². The van der Waals surface area contributed by atoms with Crippen LogP contribution in [-0.4, -0.2) is 30.1 Å². The molecule has 98 valence electrons. The number of hydrogen-bond donors (Lipinski definition) is 2. The molecule has 3 N–H and O–H groups in total. The van der Waals surface area contributed by atoms with E-state index in [2.05, 4.69) is 10.3 Å². The zero-order chi connectivity index (χ0) is 13.0. The van der Waals surface area contributed by atoms with Crippen LogP contribution in [0, 0.1) is 5.92 Å². The summed E-state index contributed by atoms with van der Waals surface area (Å²) in [6, 6.07) is 3.54. The van der Waals surface area contributed by atoms with Crippen LogP contribution in [0.4, 0.5) is 0 Å². The van der Waals surface area contributed by atoms with E-state index in [1.807, 2.05) is 6.92 Å². The van der Waals surface area contributed by atoms with E-state index in [1.165, 1.54) is 12.8 Å². The Morgan fingerprint density at radius 2 is 2.44 bits per heavy atom. The molecular weight excluding hydrogens is 230 g/mol. The van der Waals surface area contributed by atoms with Crippen LogP contribution in [0.5, 0.6) is 5.75 Å². The third kappa shape index (κ3) is 3.20. The summed E-state index contributed by atoms with van der Waals surface area (Å²) in [5.41, 5.74) is 6.26. The highest BCUT2D eigenvalue weighted by atomic mass is 16.5. The van der Waals surface area contributed by atoms with E-state index in [-0.39, 0.29) is 11.9 Å². The largest absolute Gasteiger partial charge is 0.491 e. The normalized spacial score (nSPS) is 16.1. The van der Waals surface area contributed by atoms with Crippen LogP contribution in [0.3, 0.4) is 0 Å². The quantitative estimate of drug-likeness (QED) is 0.787. The molecule has 1 aromatic rings. The van der Waals surface area contributed by atoms with Gasteiger partial charge in [-0.1, -0.05) is 0 Å². The minimum Gasteiger partial charge on any atom is -0.491 e. The maximum absolute atomic E-state index is 12.0. The van der Waals surface area contributed by atoms with Gasteiger partial charge in [-0.3, -0.25) is 4.79 Å². The van der Waals surface area contributed by atoms with Crippen LogP contribution >= 0.6 is 0 Å². The maximum atomic E-state index is 12.0. The van der Waals surface area contributed by atoms with Gasteiger partial charge in [0.1, 0.15) is 0 Å². The standard InChI is InChI=1S/C13H19N3O2/c1-2-18-11-4-3-7-15-12(11)13(17)16-8-10(14)9-5-6-9/h3-4,7,9-10H,2,5-6,8,14H2,1H3,(H,16,17). The van der Waals surface area contributed by atoms with Gasteiger partial charge in [0.15, 0.2) is 11.4 Å². The van der Waals surface area contributed by atoms with Crippen molar-refractivity contribution < 1.29 is 9.53 Å². The third-order valence-electron chi connectivity index (χ3n) is 3.01. The number of aromatic nitrogens is 1. The number of carbonyl (C=O) groups excluding carboxylic acids is 1. The minimum absolute atomic E-state index is 0.0493. The molecule has 18 heavy (non-hydrogen) atoms. The van der Waals surface area contributed by atoms with Crippen molar-refractivity contribution in [2.45, 2.75) is 25.8 Å². The van der Waals surface area contributed by atoms with E-state index in [1.54, 1.807) is 18.3 Å². The first-order valence-corrected chi connectivity index (χ1v) is 6.34. The molecule has 1 heterocycles. The Balaban J connectivity index is 1.94. The summed E-state index contributed by atoms with van der Waals surface area (Å²) in [6.07, 6.45) is 3.92. The van der Waals surface area contributed by atoms with Gasteiger partial charge in [-0.15, -0.1) is 0 Å². The molecule has 0 saturated heterocycles. The van der Waals surface area contributed by atoms with Crippen LogP contribution in [-0.2, 0) is 0 Å². The lowest BCUT2D eigenvalue weighted by molar-refractivity contribution is 0.0941. The fourth-order valence-corrected chi connectivity index (χ4v) is 1.82. The number of rotatable bonds is 6. The van der Waals surface area contributed by atoms with Gasteiger partial charge in [0.2, 0.25) is 0 Å². The van der Waals surface area contributed by atoms with Crippen LogP contribution < -0.4 is 15.8 Å². The van der Waals surface area contributed by atoms with Gasteiger partial charge < -0.3 is 15.8 Å². The number of nitrogens with two attached hydrogens (primary N) is 1. The minimum atomic E-state index is -0.227. The Labute approximate surface area is 107 Å². The Bertz CT molecular complexity index is 418. The van der Waals surface area contributed by atoms with Crippen LogP contribution in [0.25, 0.3) is 0 Å². The molecule has 1 aliphatic carbocycles. The van der Waals surface area contributed by atoms with Gasteiger partial charge in [-0.05, 0) is 37.8 Å². The summed E-state index contributed by atoms with van der Waals surface area (Å²) < 4.78 is 5.37. The number of hydrogen-bond acceptors (Lipinski definition) is 4. The summed E-state index contributed by atoms with van der Waals surface area (Å²) in [5.74, 6) is 0.855. The lowest BCUT2D eigenvalue weighted by atomic mass is 10.2. The van der Waals surface area contributed by atoms with Gasteiger partial charge in [-0.25, -0.2) is 4.98 Å². The topological polar surface area (TPSA) is 77.2 Å². The van der Waals surface area contributed by atoms with Crippen molar-refractivity contribution in [3.63, 3.8) is 0 Å². The van der Waals surface area contributed by atoms with Gasteiger partial charge in [-0.2, -0.15) is 0 Å². The molecule has 1 saturated carbocycles. The second-order valence-corrected chi connectivity index (χ2v) is 4.49. The second-order valence-electron chi connectivity index (χ2n) is 4.49. The number of nitrogens with one attached hydrogen (secondary N) is 1. The number of pyridine rings is 1. The molecule has 5 heteroatoms. The van der Waals surface area contributed by atoms with E-state index in [9.17, 15) is 4.79 Å². The number of ether oxygens (including phenoxy) is 1. The van der Waals surface area contributed by atoms with Crippen LogP contribution in [0.15, 0.2) is 18.3 Å². The third-order valence-corrected chi connectivity index (χ3v) is 3.01. The van der Waals surface area contributed by atoms with E-state index >= 15 is 0 Å². The Hall–Kier alpha value is -1.62. The zero-order valence-corrected chi connectivity index (χ0v) is 10.6. The molecule has 5 nitrogen and oxygen atoms in total. The first-order valence-electron chi connectivity index (χ1n) is 6.34. The molecule has 0 spiro atoms. The monoisotopic (exact) mass is 249 g/mol. The van der Waals surface area contributed by atoms with Gasteiger partial charge >= 0.3 is 0 Å². The number of amides is 1. The SMILES string of the molecule is CCOc1cccnc1C(=O)NCC(N)C1CC1. The van der Waals surface area contributed by atoms with E-state index < -0.39 is 0 Å². The molecule has 0 aromatic carbocycles. The Morgan fingerprint density at radius 3 is 3.11 bits per heavy atom. The molecule has 1 aromatic heterocycles. The highest BCUT2D eigenvalue weighted by Crippen LogP contribution is 2.31. The van der Waals surface area contributed by atoms with Crippen molar-refractivity contribution >= 4 is 5.91 Å². The fourth-order valence-electron chi connectivity index (χ4n) is 1.82. The van der Waals surface area contributed by atoms with Crippen molar-refractivity contribution in [1.82, 2.24) is 10.3 Å². The predicted molar refractivity (Wildman–Crippen MR) is 68.4 cm³/mol. The lowest BCUT2D eigenvalue weighted by Gasteiger charge is -2.12. The van der Waals surface area contributed by atoms with Gasteiger partial charge in [0, 0.05) is 18.8 Å². The van der Waals surface area contributed by atoms with Crippen LogP contribution in [0.1, 0.15) is 30.3 Å². The summed E-state index contributed by atoms with van der Waals surface area (Å²) in [5, 5.41) is 2.81. The number of carbonyl (C=O) groups is 1. The first kappa shape index (κ1) is 12.8. The Morgan fingerprint density at radius 1 is 1.67 bits per heavy atom. The predicted octanol–water partition coefficient (Wildman–Crippen LogP) is 0.947. The molecule has 0 bridgehead atoms. The summed E-state index contributed by atoms with van der Waals surface area (Å²) in [4.78, 5) is 16.0. The molecule has 0 aliphatic heterocycles. The van der Waals surface area contributed by atoms with Gasteiger partial charge in [0.25, 0.3) is 5.91 Å². The summed E-state index contributed by atoms with van der Waals surface area (Å²) in [7, 11) is 0. The lowest BCUT2D eigenvalue weighted by Crippen LogP contribution is -2.38. The zero-order valence-electron chi connectivity index (χ0n) is 10.6.